The summed E-state index contributed by atoms with van der Waals surface area (Å²) < 4.78 is 14.2. The van der Waals surface area contributed by atoms with Crippen molar-refractivity contribution in [2.75, 3.05) is 13.1 Å². The number of nitrogens with zero attached hydrogens (tertiary/aromatic N) is 1. The van der Waals surface area contributed by atoms with Crippen LogP contribution in [-0.2, 0) is 6.54 Å². The summed E-state index contributed by atoms with van der Waals surface area (Å²) in [5.74, 6) is 5.48. The van der Waals surface area contributed by atoms with E-state index in [1.165, 1.54) is 38.2 Å². The average molecular weight is 288 g/mol. The van der Waals surface area contributed by atoms with Crippen molar-refractivity contribution in [3.63, 3.8) is 0 Å². The number of rotatable bonds is 4. The Labute approximate surface area is 127 Å². The van der Waals surface area contributed by atoms with Gasteiger partial charge in [0.15, 0.2) is 0 Å². The second kappa shape index (κ2) is 8.17. The standard InChI is InChI=1S/C18H25FN2/c1-2-6-17-8-3-4-12-21(17)14-16-10-9-15(7-5-11-20)13-18(16)19/h9-10,13,17H,2-4,6,8,11-12,14,20H2,1H3. The van der Waals surface area contributed by atoms with Crippen LogP contribution in [0, 0.1) is 17.7 Å². The molecule has 1 unspecified atom stereocenters. The monoisotopic (exact) mass is 288 g/mol. The van der Waals surface area contributed by atoms with E-state index in [0.29, 0.717) is 24.7 Å². The van der Waals surface area contributed by atoms with Crippen LogP contribution in [-0.4, -0.2) is 24.0 Å². The quantitative estimate of drug-likeness (QED) is 0.861. The van der Waals surface area contributed by atoms with Crippen LogP contribution in [0.5, 0.6) is 0 Å². The minimum atomic E-state index is -0.153. The maximum atomic E-state index is 14.2. The van der Waals surface area contributed by atoms with E-state index in [-0.39, 0.29) is 5.82 Å². The first-order valence-electron chi connectivity index (χ1n) is 7.96. The zero-order valence-electron chi connectivity index (χ0n) is 12.9. The van der Waals surface area contributed by atoms with Gasteiger partial charge in [-0.2, -0.15) is 0 Å². The molecule has 0 saturated carbocycles. The summed E-state index contributed by atoms with van der Waals surface area (Å²) in [4.78, 5) is 2.44. The van der Waals surface area contributed by atoms with E-state index in [2.05, 4.69) is 23.7 Å². The van der Waals surface area contributed by atoms with Crippen LogP contribution < -0.4 is 5.73 Å². The molecule has 0 radical (unpaired) electrons. The highest BCUT2D eigenvalue weighted by Gasteiger charge is 2.22. The predicted octanol–water partition coefficient (Wildman–Crippen LogP) is 3.29. The lowest BCUT2D eigenvalue weighted by Gasteiger charge is -2.35. The maximum Gasteiger partial charge on any atom is 0.128 e. The van der Waals surface area contributed by atoms with Gasteiger partial charge in [-0.05, 0) is 37.9 Å². The van der Waals surface area contributed by atoms with Crippen LogP contribution in [0.1, 0.15) is 50.2 Å². The molecule has 1 aromatic carbocycles. The Bertz CT molecular complexity index is 514. The number of hydrogen-bond donors (Lipinski definition) is 1. The summed E-state index contributed by atoms with van der Waals surface area (Å²) in [7, 11) is 0. The third kappa shape index (κ3) is 4.56. The number of nitrogens with two attached hydrogens (primary N) is 1. The molecular formula is C18H25FN2. The Morgan fingerprint density at radius 3 is 2.95 bits per heavy atom. The van der Waals surface area contributed by atoms with Crippen molar-refractivity contribution >= 4 is 0 Å². The number of halogens is 1. The molecule has 1 atom stereocenters. The lowest BCUT2D eigenvalue weighted by molar-refractivity contribution is 0.130. The molecule has 1 fully saturated rings. The van der Waals surface area contributed by atoms with Crippen molar-refractivity contribution in [1.29, 1.82) is 0 Å². The topological polar surface area (TPSA) is 29.3 Å². The van der Waals surface area contributed by atoms with E-state index in [9.17, 15) is 4.39 Å². The summed E-state index contributed by atoms with van der Waals surface area (Å²) in [6.07, 6.45) is 6.17. The van der Waals surface area contributed by atoms with E-state index in [1.807, 2.05) is 12.1 Å². The van der Waals surface area contributed by atoms with Gasteiger partial charge in [0.05, 0.1) is 6.54 Å². The average Bonchev–Trinajstić information content (AvgIpc) is 2.49. The van der Waals surface area contributed by atoms with Crippen molar-refractivity contribution in [3.8, 4) is 11.8 Å². The smallest absolute Gasteiger partial charge is 0.128 e. The minimum absolute atomic E-state index is 0.153. The normalized spacial score (nSPS) is 19.1. The van der Waals surface area contributed by atoms with E-state index >= 15 is 0 Å². The van der Waals surface area contributed by atoms with Crippen LogP contribution in [0.2, 0.25) is 0 Å². The molecule has 1 aliphatic heterocycles. The van der Waals surface area contributed by atoms with E-state index in [1.54, 1.807) is 0 Å². The molecule has 0 bridgehead atoms. The molecule has 2 rings (SSSR count). The highest BCUT2D eigenvalue weighted by molar-refractivity contribution is 5.37. The van der Waals surface area contributed by atoms with Crippen LogP contribution in [0.3, 0.4) is 0 Å². The van der Waals surface area contributed by atoms with Gasteiger partial charge in [-0.3, -0.25) is 4.90 Å². The maximum absolute atomic E-state index is 14.2. The molecule has 21 heavy (non-hydrogen) atoms. The van der Waals surface area contributed by atoms with Gasteiger partial charge >= 0.3 is 0 Å². The predicted molar refractivity (Wildman–Crippen MR) is 85.3 cm³/mol. The first-order chi connectivity index (χ1) is 10.2. The Balaban J connectivity index is 2.07. The van der Waals surface area contributed by atoms with Gasteiger partial charge in [0.25, 0.3) is 0 Å². The van der Waals surface area contributed by atoms with E-state index in [0.717, 1.165) is 12.1 Å². The van der Waals surface area contributed by atoms with Crippen LogP contribution in [0.4, 0.5) is 4.39 Å². The van der Waals surface area contributed by atoms with Gasteiger partial charge in [-0.15, -0.1) is 0 Å². The van der Waals surface area contributed by atoms with Crippen molar-refractivity contribution in [3.05, 3.63) is 35.1 Å². The second-order valence-corrected chi connectivity index (χ2v) is 5.72. The molecule has 0 amide bonds. The second-order valence-electron chi connectivity index (χ2n) is 5.72. The zero-order chi connectivity index (χ0) is 15.1. The van der Waals surface area contributed by atoms with Crippen LogP contribution in [0.25, 0.3) is 0 Å². The van der Waals surface area contributed by atoms with Gasteiger partial charge < -0.3 is 5.73 Å². The highest BCUT2D eigenvalue weighted by atomic mass is 19.1. The Kier molecular flexibility index (Phi) is 6.22. The van der Waals surface area contributed by atoms with Gasteiger partial charge in [0.2, 0.25) is 0 Å². The van der Waals surface area contributed by atoms with Gasteiger partial charge in [-0.25, -0.2) is 4.39 Å². The molecule has 1 aliphatic rings. The summed E-state index contributed by atoms with van der Waals surface area (Å²) in [6, 6.07) is 5.89. The molecule has 1 aromatic rings. The molecule has 2 N–H and O–H groups in total. The summed E-state index contributed by atoms with van der Waals surface area (Å²) in [5, 5.41) is 0. The van der Waals surface area contributed by atoms with Crippen molar-refractivity contribution in [2.24, 2.45) is 5.73 Å². The van der Waals surface area contributed by atoms with Crippen LogP contribution >= 0.6 is 0 Å². The van der Waals surface area contributed by atoms with E-state index in [4.69, 9.17) is 5.73 Å². The molecule has 3 heteroatoms. The minimum Gasteiger partial charge on any atom is -0.320 e. The molecule has 1 saturated heterocycles. The SMILES string of the molecule is CCCC1CCCCN1Cc1ccc(C#CCN)cc1F. The highest BCUT2D eigenvalue weighted by Crippen LogP contribution is 2.24. The Morgan fingerprint density at radius 1 is 1.38 bits per heavy atom. The number of hydrogen-bond acceptors (Lipinski definition) is 2. The molecule has 1 heterocycles. The number of likely N-dealkylation sites (tertiary alicyclic amines) is 1. The summed E-state index contributed by atoms with van der Waals surface area (Å²) in [5.41, 5.74) is 6.81. The Morgan fingerprint density at radius 2 is 2.24 bits per heavy atom. The van der Waals surface area contributed by atoms with Gasteiger partial charge in [0.1, 0.15) is 5.82 Å². The third-order valence-electron chi connectivity index (χ3n) is 4.13. The number of benzene rings is 1. The van der Waals surface area contributed by atoms with Crippen molar-refractivity contribution in [1.82, 2.24) is 4.90 Å². The van der Waals surface area contributed by atoms with Crippen LogP contribution in [0.15, 0.2) is 18.2 Å². The summed E-state index contributed by atoms with van der Waals surface area (Å²) >= 11 is 0. The molecule has 0 aliphatic carbocycles. The van der Waals surface area contributed by atoms with E-state index < -0.39 is 0 Å². The fraction of sp³-hybridized carbons (Fsp3) is 0.556. The fourth-order valence-corrected chi connectivity index (χ4v) is 3.05. The first kappa shape index (κ1) is 16.0. The first-order valence-corrected chi connectivity index (χ1v) is 7.96. The fourth-order valence-electron chi connectivity index (χ4n) is 3.05. The molecular weight excluding hydrogens is 263 g/mol. The zero-order valence-corrected chi connectivity index (χ0v) is 12.9. The Hall–Kier alpha value is -1.37. The largest absolute Gasteiger partial charge is 0.320 e. The lowest BCUT2D eigenvalue weighted by Crippen LogP contribution is -2.39. The third-order valence-corrected chi connectivity index (χ3v) is 4.13. The van der Waals surface area contributed by atoms with Gasteiger partial charge in [0, 0.05) is 23.7 Å². The van der Waals surface area contributed by atoms with Crippen molar-refractivity contribution in [2.45, 2.75) is 51.6 Å². The summed E-state index contributed by atoms with van der Waals surface area (Å²) in [6.45, 7) is 4.31. The number of piperidine rings is 1. The van der Waals surface area contributed by atoms with Gasteiger partial charge in [-0.1, -0.05) is 37.7 Å². The lowest BCUT2D eigenvalue weighted by atomic mass is 9.97. The molecule has 0 spiro atoms. The molecule has 0 aromatic heterocycles. The van der Waals surface area contributed by atoms with Crippen molar-refractivity contribution < 1.29 is 4.39 Å². The molecule has 2 nitrogen and oxygen atoms in total. The molecule has 114 valence electrons.